The summed E-state index contributed by atoms with van der Waals surface area (Å²) in [5, 5.41) is 0. The molecule has 112 valence electrons. The van der Waals surface area contributed by atoms with E-state index in [-0.39, 0.29) is 10.8 Å². The number of para-hydroxylation sites is 1. The van der Waals surface area contributed by atoms with Crippen LogP contribution in [0.5, 0.6) is 5.75 Å². The number of thiol groups is 1. The van der Waals surface area contributed by atoms with Crippen LogP contribution in [-0.4, -0.2) is 25.6 Å². The van der Waals surface area contributed by atoms with Gasteiger partial charge in [-0.25, -0.2) is 0 Å². The minimum atomic E-state index is 0.0976. The Bertz CT molecular complexity index is 431. The zero-order valence-electron chi connectivity index (χ0n) is 12.8. The lowest BCUT2D eigenvalue weighted by Crippen LogP contribution is -2.37. The lowest BCUT2D eigenvalue weighted by molar-refractivity contribution is 0.00280. The Morgan fingerprint density at radius 3 is 2.45 bits per heavy atom. The van der Waals surface area contributed by atoms with Crippen LogP contribution in [0.2, 0.25) is 0 Å². The molecule has 0 N–H and O–H groups in total. The maximum Gasteiger partial charge on any atom is 0.123 e. The van der Waals surface area contributed by atoms with E-state index in [4.69, 9.17) is 9.47 Å². The SMILES string of the molecule is CC(C)(C)c1ccccc1OCC1(CS)CCOCC1. The summed E-state index contributed by atoms with van der Waals surface area (Å²) in [7, 11) is 0. The van der Waals surface area contributed by atoms with Crippen molar-refractivity contribution in [3.8, 4) is 5.75 Å². The van der Waals surface area contributed by atoms with Gasteiger partial charge in [0.2, 0.25) is 0 Å². The molecule has 0 saturated carbocycles. The van der Waals surface area contributed by atoms with Crippen LogP contribution in [0.25, 0.3) is 0 Å². The summed E-state index contributed by atoms with van der Waals surface area (Å²) < 4.78 is 11.7. The van der Waals surface area contributed by atoms with Crippen molar-refractivity contribution in [3.05, 3.63) is 29.8 Å². The summed E-state index contributed by atoms with van der Waals surface area (Å²) in [6, 6.07) is 8.36. The lowest BCUT2D eigenvalue weighted by atomic mass is 9.83. The van der Waals surface area contributed by atoms with Crippen LogP contribution in [0.4, 0.5) is 0 Å². The fraction of sp³-hybridized carbons (Fsp3) is 0.647. The van der Waals surface area contributed by atoms with Crippen molar-refractivity contribution in [1.82, 2.24) is 0 Å². The summed E-state index contributed by atoms with van der Waals surface area (Å²) >= 11 is 4.54. The smallest absolute Gasteiger partial charge is 0.123 e. The molecule has 0 spiro atoms. The molecule has 1 fully saturated rings. The molecule has 0 amide bonds. The van der Waals surface area contributed by atoms with Gasteiger partial charge >= 0.3 is 0 Å². The van der Waals surface area contributed by atoms with Crippen molar-refractivity contribution in [1.29, 1.82) is 0 Å². The van der Waals surface area contributed by atoms with Crippen molar-refractivity contribution < 1.29 is 9.47 Å². The van der Waals surface area contributed by atoms with Gasteiger partial charge in [0.25, 0.3) is 0 Å². The van der Waals surface area contributed by atoms with E-state index in [0.29, 0.717) is 0 Å². The Balaban J connectivity index is 2.10. The summed E-state index contributed by atoms with van der Waals surface area (Å²) in [5.41, 5.74) is 1.52. The molecule has 0 radical (unpaired) electrons. The van der Waals surface area contributed by atoms with Gasteiger partial charge in [-0.05, 0) is 35.6 Å². The van der Waals surface area contributed by atoms with Gasteiger partial charge in [-0.2, -0.15) is 12.6 Å². The topological polar surface area (TPSA) is 18.5 Å². The second kappa shape index (κ2) is 6.40. The molecule has 2 rings (SSSR count). The van der Waals surface area contributed by atoms with Gasteiger partial charge in [0.1, 0.15) is 5.75 Å². The minimum absolute atomic E-state index is 0.0976. The number of hydrogen-bond donors (Lipinski definition) is 1. The Kier molecular flexibility index (Phi) is 5.03. The molecule has 20 heavy (non-hydrogen) atoms. The largest absolute Gasteiger partial charge is 0.493 e. The Labute approximate surface area is 128 Å². The molecule has 0 aliphatic carbocycles. The van der Waals surface area contributed by atoms with E-state index in [1.54, 1.807) is 0 Å². The summed E-state index contributed by atoms with van der Waals surface area (Å²) in [6.07, 6.45) is 2.07. The highest BCUT2D eigenvalue weighted by molar-refractivity contribution is 7.80. The van der Waals surface area contributed by atoms with E-state index in [9.17, 15) is 0 Å². The van der Waals surface area contributed by atoms with Crippen LogP contribution in [-0.2, 0) is 10.2 Å². The van der Waals surface area contributed by atoms with Crippen molar-refractivity contribution in [2.24, 2.45) is 5.41 Å². The monoisotopic (exact) mass is 294 g/mol. The molecule has 1 aromatic rings. The van der Waals surface area contributed by atoms with Crippen molar-refractivity contribution in [3.63, 3.8) is 0 Å². The first-order chi connectivity index (χ1) is 9.47. The van der Waals surface area contributed by atoms with E-state index in [1.807, 2.05) is 6.07 Å². The maximum atomic E-state index is 6.19. The van der Waals surface area contributed by atoms with Crippen molar-refractivity contribution >= 4 is 12.6 Å². The third-order valence-electron chi connectivity index (χ3n) is 4.12. The summed E-state index contributed by atoms with van der Waals surface area (Å²) in [5.74, 6) is 1.86. The Morgan fingerprint density at radius 2 is 1.85 bits per heavy atom. The predicted molar refractivity (Wildman–Crippen MR) is 87.0 cm³/mol. The lowest BCUT2D eigenvalue weighted by Gasteiger charge is -2.36. The fourth-order valence-corrected chi connectivity index (χ4v) is 3.00. The highest BCUT2D eigenvalue weighted by Gasteiger charge is 2.32. The van der Waals surface area contributed by atoms with Crippen LogP contribution >= 0.6 is 12.6 Å². The van der Waals surface area contributed by atoms with Gasteiger partial charge in [-0.3, -0.25) is 0 Å². The van der Waals surface area contributed by atoms with Crippen molar-refractivity contribution in [2.45, 2.75) is 39.0 Å². The molecule has 3 heteroatoms. The van der Waals surface area contributed by atoms with E-state index >= 15 is 0 Å². The first kappa shape index (κ1) is 15.7. The number of hydrogen-bond acceptors (Lipinski definition) is 3. The third kappa shape index (κ3) is 3.70. The van der Waals surface area contributed by atoms with Crippen LogP contribution in [0.15, 0.2) is 24.3 Å². The maximum absolute atomic E-state index is 6.19. The van der Waals surface area contributed by atoms with E-state index < -0.39 is 0 Å². The Hall–Kier alpha value is -0.670. The normalized spacial score (nSPS) is 18.8. The molecule has 1 heterocycles. The van der Waals surface area contributed by atoms with E-state index in [0.717, 1.165) is 44.2 Å². The van der Waals surface area contributed by atoms with Crippen molar-refractivity contribution in [2.75, 3.05) is 25.6 Å². The van der Waals surface area contributed by atoms with E-state index in [1.165, 1.54) is 5.56 Å². The van der Waals surface area contributed by atoms with Crippen LogP contribution in [0.3, 0.4) is 0 Å². The molecule has 1 aliphatic heterocycles. The second-order valence-electron chi connectivity index (χ2n) is 6.81. The average Bonchev–Trinajstić information content (AvgIpc) is 2.45. The van der Waals surface area contributed by atoms with Gasteiger partial charge < -0.3 is 9.47 Å². The molecule has 1 aliphatic rings. The number of ether oxygens (including phenoxy) is 2. The predicted octanol–water partition coefficient (Wildman–Crippen LogP) is 4.09. The third-order valence-corrected chi connectivity index (χ3v) is 4.79. The molecule has 0 atom stereocenters. The molecule has 1 saturated heterocycles. The quantitative estimate of drug-likeness (QED) is 0.843. The summed E-state index contributed by atoms with van der Waals surface area (Å²) in [4.78, 5) is 0. The molecule has 0 bridgehead atoms. The molecule has 0 unspecified atom stereocenters. The number of benzene rings is 1. The zero-order chi connectivity index (χ0) is 14.6. The first-order valence-corrected chi connectivity index (χ1v) is 8.01. The fourth-order valence-electron chi connectivity index (χ4n) is 2.60. The summed E-state index contributed by atoms with van der Waals surface area (Å²) in [6.45, 7) is 9.04. The standard InChI is InChI=1S/C17H26O2S/c1-16(2,3)14-6-4-5-7-15(14)19-12-17(13-20)8-10-18-11-9-17/h4-7,20H,8-13H2,1-3H3. The Morgan fingerprint density at radius 1 is 1.20 bits per heavy atom. The average molecular weight is 294 g/mol. The van der Waals surface area contributed by atoms with Crippen LogP contribution in [0, 0.1) is 5.41 Å². The van der Waals surface area contributed by atoms with Gasteiger partial charge in [0.05, 0.1) is 6.61 Å². The number of rotatable bonds is 4. The molecule has 0 aromatic heterocycles. The first-order valence-electron chi connectivity index (χ1n) is 7.38. The van der Waals surface area contributed by atoms with Gasteiger partial charge in [0, 0.05) is 18.6 Å². The molecular formula is C17H26O2S. The van der Waals surface area contributed by atoms with Gasteiger partial charge in [-0.15, -0.1) is 0 Å². The highest BCUT2D eigenvalue weighted by atomic mass is 32.1. The van der Waals surface area contributed by atoms with Crippen LogP contribution in [0.1, 0.15) is 39.2 Å². The van der Waals surface area contributed by atoms with Gasteiger partial charge in [-0.1, -0.05) is 39.0 Å². The van der Waals surface area contributed by atoms with Crippen LogP contribution < -0.4 is 4.74 Å². The van der Waals surface area contributed by atoms with Gasteiger partial charge in [0.15, 0.2) is 0 Å². The second-order valence-corrected chi connectivity index (χ2v) is 7.12. The zero-order valence-corrected chi connectivity index (χ0v) is 13.7. The van der Waals surface area contributed by atoms with E-state index in [2.05, 4.69) is 51.6 Å². The molecule has 2 nitrogen and oxygen atoms in total. The highest BCUT2D eigenvalue weighted by Crippen LogP contribution is 2.35. The minimum Gasteiger partial charge on any atom is -0.493 e. The molecular weight excluding hydrogens is 268 g/mol. The molecule has 1 aromatic carbocycles.